The van der Waals surface area contributed by atoms with Gasteiger partial charge < -0.3 is 9.84 Å². The molecule has 0 aliphatic rings. The van der Waals surface area contributed by atoms with Crippen LogP contribution in [0.5, 0.6) is 11.5 Å². The minimum absolute atomic E-state index is 0.0723. The second-order valence-electron chi connectivity index (χ2n) is 4.38. The minimum atomic E-state index is -0.483. The molecule has 3 heteroatoms. The third-order valence-corrected chi connectivity index (χ3v) is 3.06. The molecule has 0 saturated carbocycles. The van der Waals surface area contributed by atoms with Gasteiger partial charge in [0.15, 0.2) is 0 Å². The van der Waals surface area contributed by atoms with Crippen molar-refractivity contribution >= 4 is 16.7 Å². The molecule has 3 nitrogen and oxygen atoms in total. The van der Waals surface area contributed by atoms with Gasteiger partial charge in [-0.1, -0.05) is 42.5 Å². The summed E-state index contributed by atoms with van der Waals surface area (Å²) in [5.41, 5.74) is 0.351. The molecule has 0 saturated heterocycles. The lowest BCUT2D eigenvalue weighted by Gasteiger charge is -2.08. The van der Waals surface area contributed by atoms with E-state index >= 15 is 0 Å². The predicted molar refractivity (Wildman–Crippen MR) is 77.0 cm³/mol. The van der Waals surface area contributed by atoms with Gasteiger partial charge in [0.1, 0.15) is 11.5 Å². The summed E-state index contributed by atoms with van der Waals surface area (Å²) in [7, 11) is 0. The molecule has 0 bridgehead atoms. The summed E-state index contributed by atoms with van der Waals surface area (Å²) in [5.74, 6) is 0.0661. The summed E-state index contributed by atoms with van der Waals surface area (Å²) < 4.78 is 5.31. The number of carbonyl (C=O) groups excluding carboxylic acids is 1. The van der Waals surface area contributed by atoms with Gasteiger partial charge in [0, 0.05) is 5.39 Å². The Bertz CT molecular complexity index is 758. The van der Waals surface area contributed by atoms with Crippen molar-refractivity contribution in [2.75, 3.05) is 0 Å². The summed E-state index contributed by atoms with van der Waals surface area (Å²) in [6.07, 6.45) is 0. The fourth-order valence-corrected chi connectivity index (χ4v) is 2.14. The highest BCUT2D eigenvalue weighted by Crippen LogP contribution is 2.28. The molecule has 0 spiro atoms. The van der Waals surface area contributed by atoms with Crippen LogP contribution in [0.4, 0.5) is 0 Å². The molecular weight excluding hydrogens is 252 g/mol. The highest BCUT2D eigenvalue weighted by molar-refractivity contribution is 6.07. The number of hydrogen-bond acceptors (Lipinski definition) is 3. The number of aromatic hydroxyl groups is 1. The van der Waals surface area contributed by atoms with E-state index in [1.54, 1.807) is 48.5 Å². The average molecular weight is 264 g/mol. The fourth-order valence-electron chi connectivity index (χ4n) is 2.14. The second-order valence-corrected chi connectivity index (χ2v) is 4.38. The maximum absolute atomic E-state index is 12.2. The summed E-state index contributed by atoms with van der Waals surface area (Å²) >= 11 is 0. The third kappa shape index (κ3) is 2.21. The number of esters is 1. The summed E-state index contributed by atoms with van der Waals surface area (Å²) in [4.78, 5) is 12.2. The van der Waals surface area contributed by atoms with Crippen LogP contribution < -0.4 is 4.74 Å². The zero-order chi connectivity index (χ0) is 13.9. The molecule has 0 radical (unpaired) electrons. The largest absolute Gasteiger partial charge is 0.507 e. The molecular formula is C17H12O3. The number of para-hydroxylation sites is 1. The Morgan fingerprint density at radius 1 is 0.850 bits per heavy atom. The van der Waals surface area contributed by atoms with Crippen molar-refractivity contribution in [3.05, 3.63) is 72.3 Å². The maximum Gasteiger partial charge on any atom is 0.344 e. The molecule has 0 aliphatic carbocycles. The Hall–Kier alpha value is -2.81. The number of phenols is 1. The topological polar surface area (TPSA) is 46.5 Å². The normalized spacial score (nSPS) is 10.4. The van der Waals surface area contributed by atoms with Crippen molar-refractivity contribution in [2.24, 2.45) is 0 Å². The van der Waals surface area contributed by atoms with E-state index in [2.05, 4.69) is 0 Å². The molecule has 1 N–H and O–H groups in total. The first-order valence-corrected chi connectivity index (χ1v) is 6.23. The third-order valence-electron chi connectivity index (χ3n) is 3.06. The molecule has 0 fully saturated rings. The molecule has 0 amide bonds. The number of hydrogen-bond donors (Lipinski definition) is 1. The first-order chi connectivity index (χ1) is 9.75. The lowest BCUT2D eigenvalue weighted by molar-refractivity contribution is 0.0736. The van der Waals surface area contributed by atoms with Crippen molar-refractivity contribution in [1.29, 1.82) is 0 Å². The zero-order valence-corrected chi connectivity index (χ0v) is 10.6. The van der Waals surface area contributed by atoms with Crippen molar-refractivity contribution in [2.45, 2.75) is 0 Å². The molecule has 3 aromatic rings. The van der Waals surface area contributed by atoms with Gasteiger partial charge in [-0.05, 0) is 29.7 Å². The Balaban J connectivity index is 2.04. The molecule has 98 valence electrons. The van der Waals surface area contributed by atoms with Gasteiger partial charge in [-0.15, -0.1) is 0 Å². The van der Waals surface area contributed by atoms with Crippen LogP contribution in [0.1, 0.15) is 10.4 Å². The van der Waals surface area contributed by atoms with Gasteiger partial charge in [-0.25, -0.2) is 4.79 Å². The highest BCUT2D eigenvalue weighted by atomic mass is 16.5. The van der Waals surface area contributed by atoms with Crippen molar-refractivity contribution in [3.8, 4) is 11.5 Å². The predicted octanol–water partition coefficient (Wildman–Crippen LogP) is 3.76. The van der Waals surface area contributed by atoms with E-state index < -0.39 is 5.97 Å². The van der Waals surface area contributed by atoms with Crippen LogP contribution in [0.15, 0.2) is 66.7 Å². The SMILES string of the molecule is O=C(Oc1ccccc1)c1cccc2cccc(O)c12. The van der Waals surface area contributed by atoms with E-state index in [0.29, 0.717) is 16.7 Å². The van der Waals surface area contributed by atoms with Crippen LogP contribution in [0.2, 0.25) is 0 Å². The van der Waals surface area contributed by atoms with Gasteiger partial charge in [-0.2, -0.15) is 0 Å². The first kappa shape index (κ1) is 12.2. The average Bonchev–Trinajstić information content (AvgIpc) is 2.48. The molecule has 3 rings (SSSR count). The van der Waals surface area contributed by atoms with E-state index in [9.17, 15) is 9.90 Å². The first-order valence-electron chi connectivity index (χ1n) is 6.23. The van der Waals surface area contributed by atoms with Crippen LogP contribution in [-0.4, -0.2) is 11.1 Å². The fraction of sp³-hybridized carbons (Fsp3) is 0. The second kappa shape index (κ2) is 5.05. The number of rotatable bonds is 2. The van der Waals surface area contributed by atoms with Crippen molar-refractivity contribution in [3.63, 3.8) is 0 Å². The number of carbonyl (C=O) groups is 1. The van der Waals surface area contributed by atoms with Crippen LogP contribution in [0.3, 0.4) is 0 Å². The van der Waals surface area contributed by atoms with Crippen LogP contribution >= 0.6 is 0 Å². The minimum Gasteiger partial charge on any atom is -0.507 e. The van der Waals surface area contributed by atoms with E-state index in [4.69, 9.17) is 4.74 Å². The monoisotopic (exact) mass is 264 g/mol. The Labute approximate surface area is 116 Å². The van der Waals surface area contributed by atoms with E-state index in [1.165, 1.54) is 0 Å². The van der Waals surface area contributed by atoms with Gasteiger partial charge >= 0.3 is 5.97 Å². The smallest absolute Gasteiger partial charge is 0.344 e. The molecule has 0 unspecified atom stereocenters. The van der Waals surface area contributed by atoms with E-state index in [-0.39, 0.29) is 5.75 Å². The van der Waals surface area contributed by atoms with Gasteiger partial charge in [-0.3, -0.25) is 0 Å². The van der Waals surface area contributed by atoms with E-state index in [0.717, 1.165) is 5.39 Å². The molecule has 0 atom stereocenters. The summed E-state index contributed by atoms with van der Waals surface area (Å²) in [6, 6.07) is 19.3. The van der Waals surface area contributed by atoms with Crippen LogP contribution in [-0.2, 0) is 0 Å². The van der Waals surface area contributed by atoms with E-state index in [1.807, 2.05) is 18.2 Å². The summed E-state index contributed by atoms with van der Waals surface area (Å²) in [5, 5.41) is 11.3. The van der Waals surface area contributed by atoms with Crippen molar-refractivity contribution < 1.29 is 14.6 Å². The quantitative estimate of drug-likeness (QED) is 0.566. The Morgan fingerprint density at radius 2 is 1.55 bits per heavy atom. The maximum atomic E-state index is 12.2. The zero-order valence-electron chi connectivity index (χ0n) is 10.6. The Kier molecular flexibility index (Phi) is 3.09. The lowest BCUT2D eigenvalue weighted by Crippen LogP contribution is -2.09. The number of fused-ring (bicyclic) bond motifs is 1. The summed E-state index contributed by atoms with van der Waals surface area (Å²) in [6.45, 7) is 0. The highest BCUT2D eigenvalue weighted by Gasteiger charge is 2.14. The molecule has 3 aromatic carbocycles. The van der Waals surface area contributed by atoms with Crippen LogP contribution in [0.25, 0.3) is 10.8 Å². The molecule has 20 heavy (non-hydrogen) atoms. The molecule has 0 aliphatic heterocycles. The van der Waals surface area contributed by atoms with Gasteiger partial charge in [0.25, 0.3) is 0 Å². The lowest BCUT2D eigenvalue weighted by atomic mass is 10.0. The number of ether oxygens (including phenoxy) is 1. The standard InChI is InChI=1S/C17H12O3/c18-15-11-5-7-12-6-4-10-14(16(12)15)17(19)20-13-8-2-1-3-9-13/h1-11,18H. The van der Waals surface area contributed by atoms with Gasteiger partial charge in [0.05, 0.1) is 5.56 Å². The van der Waals surface area contributed by atoms with Gasteiger partial charge in [0.2, 0.25) is 0 Å². The number of phenolic OH excluding ortho intramolecular Hbond substituents is 1. The Morgan fingerprint density at radius 3 is 2.30 bits per heavy atom. The number of benzene rings is 3. The molecule has 0 aromatic heterocycles. The van der Waals surface area contributed by atoms with Crippen molar-refractivity contribution in [1.82, 2.24) is 0 Å². The van der Waals surface area contributed by atoms with Crippen LogP contribution in [0, 0.1) is 0 Å². The molecule has 0 heterocycles.